The molecule has 1 amide bonds. The van der Waals surface area contributed by atoms with Gasteiger partial charge in [-0.15, -0.1) is 11.3 Å². The zero-order chi connectivity index (χ0) is 16.7. The van der Waals surface area contributed by atoms with Gasteiger partial charge in [0.15, 0.2) is 0 Å². The molecule has 5 heteroatoms. The summed E-state index contributed by atoms with van der Waals surface area (Å²) >= 11 is 1.73. The fourth-order valence-electron chi connectivity index (χ4n) is 3.52. The van der Waals surface area contributed by atoms with Crippen molar-refractivity contribution in [3.63, 3.8) is 0 Å². The van der Waals surface area contributed by atoms with Gasteiger partial charge in [0.2, 0.25) is 5.91 Å². The molecule has 4 rings (SSSR count). The molecule has 2 heterocycles. The lowest BCUT2D eigenvalue weighted by Crippen LogP contribution is -2.41. The first kappa shape index (κ1) is 15.1. The zero-order valence-corrected chi connectivity index (χ0v) is 14.3. The summed E-state index contributed by atoms with van der Waals surface area (Å²) in [5.74, 6) is -0.447. The molecule has 1 aromatic heterocycles. The second-order valence-corrected chi connectivity index (χ2v) is 7.42. The summed E-state index contributed by atoms with van der Waals surface area (Å²) in [4.78, 5) is 18.9. The lowest BCUT2D eigenvalue weighted by Gasteiger charge is -2.39. The largest absolute Gasteiger partial charge is 0.369 e. The number of carbonyl (C=O) groups excluding carboxylic acids is 1. The third-order valence-corrected chi connectivity index (χ3v) is 5.74. The number of primary amides is 1. The standard InChI is InChI=1S/C19H19N3OS/c1-12-10-14(19(20)23)13-6-2-4-8-16(13)22(12)11-18-21-15-7-3-5-9-17(15)24-18/h2-9,12,14H,10-11H2,1H3,(H2,20,23)/t12-,14-/m0/s1. The van der Waals surface area contributed by atoms with E-state index in [1.54, 1.807) is 11.3 Å². The van der Waals surface area contributed by atoms with Gasteiger partial charge in [0.25, 0.3) is 0 Å². The van der Waals surface area contributed by atoms with Crippen LogP contribution in [-0.2, 0) is 11.3 Å². The molecule has 0 spiro atoms. The van der Waals surface area contributed by atoms with Gasteiger partial charge in [0.1, 0.15) is 5.01 Å². The number of nitrogens with zero attached hydrogens (tertiary/aromatic N) is 2. The molecule has 1 aliphatic heterocycles. The summed E-state index contributed by atoms with van der Waals surface area (Å²) in [6.45, 7) is 2.90. The lowest BCUT2D eigenvalue weighted by molar-refractivity contribution is -0.119. The van der Waals surface area contributed by atoms with E-state index < -0.39 is 0 Å². The molecule has 122 valence electrons. The van der Waals surface area contributed by atoms with Crippen molar-refractivity contribution in [3.8, 4) is 0 Å². The van der Waals surface area contributed by atoms with E-state index in [0.29, 0.717) is 0 Å². The fourth-order valence-corrected chi connectivity index (χ4v) is 4.49. The number of thiazole rings is 1. The summed E-state index contributed by atoms with van der Waals surface area (Å²) in [6.07, 6.45) is 0.747. The van der Waals surface area contributed by atoms with Crippen molar-refractivity contribution in [2.75, 3.05) is 4.90 Å². The average molecular weight is 337 g/mol. The summed E-state index contributed by atoms with van der Waals surface area (Å²) in [5.41, 5.74) is 8.80. The van der Waals surface area contributed by atoms with Crippen LogP contribution >= 0.6 is 11.3 Å². The molecule has 0 radical (unpaired) electrons. The molecule has 1 aliphatic rings. The monoisotopic (exact) mass is 337 g/mol. The van der Waals surface area contributed by atoms with Crippen LogP contribution < -0.4 is 10.6 Å². The van der Waals surface area contributed by atoms with Crippen molar-refractivity contribution in [2.24, 2.45) is 5.73 Å². The van der Waals surface area contributed by atoms with Crippen LogP contribution in [0.5, 0.6) is 0 Å². The van der Waals surface area contributed by atoms with Crippen LogP contribution in [0.15, 0.2) is 48.5 Å². The minimum Gasteiger partial charge on any atom is -0.369 e. The molecule has 0 bridgehead atoms. The van der Waals surface area contributed by atoms with Crippen LogP contribution in [0.25, 0.3) is 10.2 Å². The van der Waals surface area contributed by atoms with E-state index in [2.05, 4.69) is 24.0 Å². The maximum absolute atomic E-state index is 11.8. The number of benzene rings is 2. The molecular weight excluding hydrogens is 318 g/mol. The Kier molecular flexibility index (Phi) is 3.73. The highest BCUT2D eigenvalue weighted by Crippen LogP contribution is 2.39. The van der Waals surface area contributed by atoms with Gasteiger partial charge in [0.05, 0.1) is 22.7 Å². The third kappa shape index (κ3) is 2.55. The molecule has 24 heavy (non-hydrogen) atoms. The van der Waals surface area contributed by atoms with Gasteiger partial charge >= 0.3 is 0 Å². The van der Waals surface area contributed by atoms with Gasteiger partial charge in [-0.3, -0.25) is 4.79 Å². The van der Waals surface area contributed by atoms with E-state index in [4.69, 9.17) is 10.7 Å². The molecule has 0 fully saturated rings. The number of amides is 1. The predicted octanol–water partition coefficient (Wildman–Crippen LogP) is 3.66. The third-order valence-electron chi connectivity index (χ3n) is 4.72. The van der Waals surface area contributed by atoms with Gasteiger partial charge < -0.3 is 10.6 Å². The highest BCUT2D eigenvalue weighted by atomic mass is 32.1. The summed E-state index contributed by atoms with van der Waals surface area (Å²) < 4.78 is 1.21. The van der Waals surface area contributed by atoms with Crippen LogP contribution in [0.3, 0.4) is 0 Å². The van der Waals surface area contributed by atoms with Crippen molar-refractivity contribution in [2.45, 2.75) is 31.8 Å². The van der Waals surface area contributed by atoms with Crippen LogP contribution in [0.4, 0.5) is 5.69 Å². The quantitative estimate of drug-likeness (QED) is 0.793. The van der Waals surface area contributed by atoms with E-state index >= 15 is 0 Å². The maximum Gasteiger partial charge on any atom is 0.225 e. The van der Waals surface area contributed by atoms with Gasteiger partial charge in [-0.1, -0.05) is 30.3 Å². The highest BCUT2D eigenvalue weighted by molar-refractivity contribution is 7.18. The Morgan fingerprint density at radius 3 is 2.79 bits per heavy atom. The molecule has 4 nitrogen and oxygen atoms in total. The van der Waals surface area contributed by atoms with Crippen LogP contribution in [0, 0.1) is 0 Å². The van der Waals surface area contributed by atoms with E-state index in [9.17, 15) is 4.79 Å². The summed E-state index contributed by atoms with van der Waals surface area (Å²) in [7, 11) is 0. The zero-order valence-electron chi connectivity index (χ0n) is 13.5. The maximum atomic E-state index is 11.8. The minimum absolute atomic E-state index is 0.206. The van der Waals surface area contributed by atoms with Crippen LogP contribution in [0.1, 0.15) is 29.8 Å². The number of anilines is 1. The molecule has 0 aliphatic carbocycles. The molecular formula is C19H19N3OS. The number of fused-ring (bicyclic) bond motifs is 2. The fraction of sp³-hybridized carbons (Fsp3) is 0.263. The number of nitrogens with two attached hydrogens (primary N) is 1. The smallest absolute Gasteiger partial charge is 0.225 e. The van der Waals surface area contributed by atoms with Crippen molar-refractivity contribution >= 4 is 33.1 Å². The molecule has 3 aromatic rings. The van der Waals surface area contributed by atoms with Crippen molar-refractivity contribution < 1.29 is 4.79 Å². The number of hydrogen-bond donors (Lipinski definition) is 1. The Bertz CT molecular complexity index is 871. The first-order chi connectivity index (χ1) is 11.6. The van der Waals surface area contributed by atoms with E-state index in [1.165, 1.54) is 4.70 Å². The Hall–Kier alpha value is -2.40. The second kappa shape index (κ2) is 5.91. The van der Waals surface area contributed by atoms with Gasteiger partial charge in [-0.25, -0.2) is 4.98 Å². The Morgan fingerprint density at radius 1 is 1.25 bits per heavy atom. The van der Waals surface area contributed by atoms with Crippen molar-refractivity contribution in [1.29, 1.82) is 0 Å². The SMILES string of the molecule is C[C@H]1C[C@H](C(N)=O)c2ccccc2N1Cc1nc2ccccc2s1. The number of aromatic nitrogens is 1. The summed E-state index contributed by atoms with van der Waals surface area (Å²) in [5, 5.41) is 1.09. The first-order valence-corrected chi connectivity index (χ1v) is 8.94. The normalized spacial score (nSPS) is 20.1. The first-order valence-electron chi connectivity index (χ1n) is 8.13. The topological polar surface area (TPSA) is 59.2 Å². The molecule has 2 N–H and O–H groups in total. The van der Waals surface area contributed by atoms with E-state index in [1.807, 2.05) is 36.4 Å². The van der Waals surface area contributed by atoms with Gasteiger partial charge in [-0.2, -0.15) is 0 Å². The molecule has 0 saturated carbocycles. The van der Waals surface area contributed by atoms with Crippen LogP contribution in [-0.4, -0.2) is 16.9 Å². The molecule has 0 saturated heterocycles. The Balaban J connectivity index is 1.71. The van der Waals surface area contributed by atoms with Gasteiger partial charge in [-0.05, 0) is 37.1 Å². The molecule has 0 unspecified atom stereocenters. The minimum atomic E-state index is -0.242. The Morgan fingerprint density at radius 2 is 2.00 bits per heavy atom. The van der Waals surface area contributed by atoms with Gasteiger partial charge in [0, 0.05) is 11.7 Å². The molecule has 2 aromatic carbocycles. The number of para-hydroxylation sites is 2. The summed E-state index contributed by atoms with van der Waals surface area (Å²) in [6, 6.07) is 16.5. The lowest BCUT2D eigenvalue weighted by atomic mass is 9.85. The highest BCUT2D eigenvalue weighted by Gasteiger charge is 2.33. The number of rotatable bonds is 3. The van der Waals surface area contributed by atoms with Crippen LogP contribution in [0.2, 0.25) is 0 Å². The second-order valence-electron chi connectivity index (χ2n) is 6.30. The van der Waals surface area contributed by atoms with E-state index in [-0.39, 0.29) is 17.9 Å². The van der Waals surface area contributed by atoms with E-state index in [0.717, 1.165) is 34.7 Å². The molecule has 2 atom stereocenters. The average Bonchev–Trinajstić information content (AvgIpc) is 2.99. The predicted molar refractivity (Wildman–Crippen MR) is 98.3 cm³/mol. The number of carbonyl (C=O) groups is 1. The number of hydrogen-bond acceptors (Lipinski definition) is 4. The van der Waals surface area contributed by atoms with Crippen molar-refractivity contribution in [1.82, 2.24) is 4.98 Å². The Labute approximate surface area is 144 Å². The van der Waals surface area contributed by atoms with Crippen molar-refractivity contribution in [3.05, 3.63) is 59.1 Å².